The first kappa shape index (κ1) is 12.8. The van der Waals surface area contributed by atoms with E-state index in [-0.39, 0.29) is 12.4 Å². The van der Waals surface area contributed by atoms with Gasteiger partial charge in [-0.3, -0.25) is 0 Å². The van der Waals surface area contributed by atoms with Crippen molar-refractivity contribution in [3.8, 4) is 5.75 Å². The van der Waals surface area contributed by atoms with Crippen LogP contribution in [0.5, 0.6) is 5.75 Å². The van der Waals surface area contributed by atoms with Crippen molar-refractivity contribution < 1.29 is 28.1 Å². The van der Waals surface area contributed by atoms with Gasteiger partial charge >= 0.3 is 6.18 Å². The van der Waals surface area contributed by atoms with E-state index >= 15 is 0 Å². The maximum atomic E-state index is 12.3. The number of ether oxygens (including phenoxy) is 1. The molecule has 0 unspecified atom stereocenters. The lowest BCUT2D eigenvalue weighted by Gasteiger charge is -2.12. The van der Waals surface area contributed by atoms with Crippen molar-refractivity contribution in [3.05, 3.63) is 29.8 Å². The third-order valence-electron chi connectivity index (χ3n) is 1.81. The van der Waals surface area contributed by atoms with Gasteiger partial charge in [-0.2, -0.15) is 13.2 Å². The highest BCUT2D eigenvalue weighted by atomic mass is 19.4. The minimum absolute atomic E-state index is 0.00215. The topological polar surface area (TPSA) is 49.7 Å². The molecule has 0 heterocycles. The van der Waals surface area contributed by atoms with Crippen molar-refractivity contribution in [2.45, 2.75) is 12.3 Å². The van der Waals surface area contributed by atoms with E-state index in [0.29, 0.717) is 0 Å². The standard InChI is InChI=1S/C10H11F3O3/c11-10(12,13)7-2-1-3-9(4-7)16-6-8(15)5-14/h1-4,8,14-15H,5-6H2/t8-/m0/s1. The zero-order chi connectivity index (χ0) is 12.2. The van der Waals surface area contributed by atoms with Crippen LogP contribution in [0, 0.1) is 0 Å². The molecular weight excluding hydrogens is 225 g/mol. The van der Waals surface area contributed by atoms with E-state index in [2.05, 4.69) is 0 Å². The van der Waals surface area contributed by atoms with Crippen LogP contribution in [0.1, 0.15) is 5.56 Å². The molecule has 1 aromatic carbocycles. The van der Waals surface area contributed by atoms with E-state index in [4.69, 9.17) is 14.9 Å². The number of benzene rings is 1. The number of hydrogen-bond acceptors (Lipinski definition) is 3. The normalized spacial score (nSPS) is 13.6. The van der Waals surface area contributed by atoms with Crippen LogP contribution in [-0.4, -0.2) is 29.5 Å². The Bertz CT molecular complexity index is 338. The summed E-state index contributed by atoms with van der Waals surface area (Å²) < 4.78 is 41.7. The van der Waals surface area contributed by atoms with Crippen molar-refractivity contribution in [2.24, 2.45) is 0 Å². The van der Waals surface area contributed by atoms with Gasteiger partial charge in [0.15, 0.2) is 0 Å². The fourth-order valence-electron chi connectivity index (χ4n) is 1.01. The number of aliphatic hydroxyl groups excluding tert-OH is 2. The van der Waals surface area contributed by atoms with Crippen LogP contribution >= 0.6 is 0 Å². The summed E-state index contributed by atoms with van der Waals surface area (Å²) in [6.07, 6.45) is -5.52. The second-order valence-corrected chi connectivity index (χ2v) is 3.17. The molecule has 1 aromatic rings. The first-order chi connectivity index (χ1) is 7.43. The van der Waals surface area contributed by atoms with Gasteiger partial charge in [0.1, 0.15) is 18.5 Å². The minimum Gasteiger partial charge on any atom is -0.491 e. The molecule has 0 fully saturated rings. The van der Waals surface area contributed by atoms with E-state index < -0.39 is 24.5 Å². The molecule has 1 atom stereocenters. The lowest BCUT2D eigenvalue weighted by molar-refractivity contribution is -0.137. The van der Waals surface area contributed by atoms with E-state index in [1.54, 1.807) is 0 Å². The van der Waals surface area contributed by atoms with Gasteiger partial charge in [-0.25, -0.2) is 0 Å². The first-order valence-electron chi connectivity index (χ1n) is 4.52. The molecule has 90 valence electrons. The predicted octanol–water partition coefficient (Wildman–Crippen LogP) is 1.44. The Hall–Kier alpha value is -1.27. The van der Waals surface area contributed by atoms with E-state index in [9.17, 15) is 13.2 Å². The van der Waals surface area contributed by atoms with Gasteiger partial charge in [0.2, 0.25) is 0 Å². The molecule has 0 aliphatic rings. The molecule has 0 aromatic heterocycles. The zero-order valence-corrected chi connectivity index (χ0v) is 8.24. The van der Waals surface area contributed by atoms with Crippen molar-refractivity contribution in [3.63, 3.8) is 0 Å². The molecule has 0 aliphatic heterocycles. The lowest BCUT2D eigenvalue weighted by atomic mass is 10.2. The van der Waals surface area contributed by atoms with Gasteiger partial charge in [0, 0.05) is 0 Å². The van der Waals surface area contributed by atoms with Gasteiger partial charge in [-0.15, -0.1) is 0 Å². The van der Waals surface area contributed by atoms with Crippen LogP contribution < -0.4 is 4.74 Å². The maximum absolute atomic E-state index is 12.3. The predicted molar refractivity (Wildman–Crippen MR) is 50.0 cm³/mol. The van der Waals surface area contributed by atoms with Crippen LogP contribution in [0.4, 0.5) is 13.2 Å². The van der Waals surface area contributed by atoms with Gasteiger partial charge in [0.25, 0.3) is 0 Å². The highest BCUT2D eigenvalue weighted by Gasteiger charge is 2.30. The smallest absolute Gasteiger partial charge is 0.416 e. The molecule has 0 spiro atoms. The Morgan fingerprint density at radius 1 is 1.31 bits per heavy atom. The third-order valence-corrected chi connectivity index (χ3v) is 1.81. The molecule has 0 radical (unpaired) electrons. The molecule has 0 saturated carbocycles. The monoisotopic (exact) mass is 236 g/mol. The Balaban J connectivity index is 2.68. The Kier molecular flexibility index (Phi) is 4.14. The average molecular weight is 236 g/mol. The summed E-state index contributed by atoms with van der Waals surface area (Å²) in [5, 5.41) is 17.4. The largest absolute Gasteiger partial charge is 0.491 e. The second-order valence-electron chi connectivity index (χ2n) is 3.17. The maximum Gasteiger partial charge on any atom is 0.416 e. The van der Waals surface area contributed by atoms with Gasteiger partial charge in [0.05, 0.1) is 12.2 Å². The summed E-state index contributed by atoms with van der Waals surface area (Å²) in [7, 11) is 0. The van der Waals surface area contributed by atoms with E-state index in [1.807, 2.05) is 0 Å². The Morgan fingerprint density at radius 3 is 2.56 bits per heavy atom. The summed E-state index contributed by atoms with van der Waals surface area (Å²) in [4.78, 5) is 0. The highest BCUT2D eigenvalue weighted by molar-refractivity contribution is 5.30. The number of hydrogen-bond donors (Lipinski definition) is 2. The molecule has 0 bridgehead atoms. The lowest BCUT2D eigenvalue weighted by Crippen LogP contribution is -2.21. The molecule has 2 N–H and O–H groups in total. The van der Waals surface area contributed by atoms with E-state index in [1.165, 1.54) is 12.1 Å². The van der Waals surface area contributed by atoms with Gasteiger partial charge < -0.3 is 14.9 Å². The number of halogens is 3. The summed E-state index contributed by atoms with van der Waals surface area (Å²) in [6.45, 7) is -0.753. The molecule has 0 amide bonds. The first-order valence-corrected chi connectivity index (χ1v) is 4.52. The second kappa shape index (κ2) is 5.18. The van der Waals surface area contributed by atoms with Crippen molar-refractivity contribution in [1.82, 2.24) is 0 Å². The molecule has 0 saturated heterocycles. The van der Waals surface area contributed by atoms with Crippen molar-refractivity contribution in [1.29, 1.82) is 0 Å². The minimum atomic E-state index is -4.42. The molecule has 3 nitrogen and oxygen atoms in total. The van der Waals surface area contributed by atoms with Crippen LogP contribution in [-0.2, 0) is 6.18 Å². The van der Waals surface area contributed by atoms with Crippen LogP contribution in [0.15, 0.2) is 24.3 Å². The summed E-state index contributed by atoms with van der Waals surface area (Å²) in [6, 6.07) is 4.32. The Morgan fingerprint density at radius 2 is 2.00 bits per heavy atom. The van der Waals surface area contributed by atoms with Crippen molar-refractivity contribution >= 4 is 0 Å². The average Bonchev–Trinajstić information content (AvgIpc) is 2.25. The fraction of sp³-hybridized carbons (Fsp3) is 0.400. The number of alkyl halides is 3. The molecule has 6 heteroatoms. The highest BCUT2D eigenvalue weighted by Crippen LogP contribution is 2.31. The molecule has 1 rings (SSSR count). The summed E-state index contributed by atoms with van der Waals surface area (Å²) >= 11 is 0. The van der Waals surface area contributed by atoms with E-state index in [0.717, 1.165) is 12.1 Å². The van der Waals surface area contributed by atoms with Gasteiger partial charge in [-0.1, -0.05) is 6.07 Å². The zero-order valence-electron chi connectivity index (χ0n) is 8.24. The quantitative estimate of drug-likeness (QED) is 0.831. The summed E-state index contributed by atoms with van der Waals surface area (Å²) in [5.74, 6) is 0.00215. The summed E-state index contributed by atoms with van der Waals surface area (Å²) in [5.41, 5.74) is -0.816. The third kappa shape index (κ3) is 3.71. The SMILES string of the molecule is OC[C@H](O)COc1cccc(C(F)(F)F)c1. The van der Waals surface area contributed by atoms with Crippen LogP contribution in [0.25, 0.3) is 0 Å². The Labute approximate surface area is 90.1 Å². The number of aliphatic hydroxyl groups is 2. The molecule has 0 aliphatic carbocycles. The van der Waals surface area contributed by atoms with Crippen LogP contribution in [0.2, 0.25) is 0 Å². The van der Waals surface area contributed by atoms with Crippen LogP contribution in [0.3, 0.4) is 0 Å². The molecular formula is C10H11F3O3. The van der Waals surface area contributed by atoms with Crippen molar-refractivity contribution in [2.75, 3.05) is 13.2 Å². The number of rotatable bonds is 4. The molecule has 16 heavy (non-hydrogen) atoms. The van der Waals surface area contributed by atoms with Gasteiger partial charge in [-0.05, 0) is 18.2 Å². The fourth-order valence-corrected chi connectivity index (χ4v) is 1.01.